The topological polar surface area (TPSA) is 26.3 Å². The summed E-state index contributed by atoms with van der Waals surface area (Å²) in [7, 11) is 0. The Morgan fingerprint density at radius 1 is 1.29 bits per heavy atom. The Kier molecular flexibility index (Phi) is 8.99. The van der Waals surface area contributed by atoms with Crippen molar-refractivity contribution in [2.75, 3.05) is 6.61 Å². The Morgan fingerprint density at radius 3 is 2.29 bits per heavy atom. The van der Waals surface area contributed by atoms with Gasteiger partial charge in [-0.2, -0.15) is 0 Å². The number of rotatable bonds is 8. The number of hydrogen-bond acceptors (Lipinski definition) is 3. The van der Waals surface area contributed by atoms with Gasteiger partial charge in [-0.25, -0.2) is 0 Å². The first kappa shape index (κ1) is 17.6. The van der Waals surface area contributed by atoms with Crippen LogP contribution in [0.1, 0.15) is 39.5 Å². The summed E-state index contributed by atoms with van der Waals surface area (Å²) < 4.78 is 5.29. The Labute approximate surface area is 116 Å². The number of ether oxygens (including phenoxy) is 1. The van der Waals surface area contributed by atoms with Crippen LogP contribution >= 0.6 is 12.6 Å². The normalized spacial score (nSPS) is 15.4. The first-order valence-electron chi connectivity index (χ1n) is 6.67. The fourth-order valence-electron chi connectivity index (χ4n) is 1.53. The van der Waals surface area contributed by atoms with E-state index in [0.717, 1.165) is 12.8 Å². The minimum atomic E-state index is -2.26. The van der Waals surface area contributed by atoms with E-state index >= 15 is 0 Å². The van der Waals surface area contributed by atoms with Gasteiger partial charge in [0, 0.05) is 0 Å². The predicted octanol–water partition coefficient (Wildman–Crippen LogP) is 3.92. The van der Waals surface area contributed by atoms with E-state index in [-0.39, 0.29) is 9.24 Å². The molecule has 0 rings (SSSR count). The molecule has 0 bridgehead atoms. The van der Waals surface area contributed by atoms with Crippen molar-refractivity contribution in [1.82, 2.24) is 0 Å². The van der Waals surface area contributed by atoms with Crippen LogP contribution in [-0.4, -0.2) is 34.2 Å². The van der Waals surface area contributed by atoms with Crippen LogP contribution in [0.3, 0.4) is 0 Å². The molecule has 0 saturated carbocycles. The predicted molar refractivity (Wildman–Crippen MR) is 80.4 cm³/mol. The summed E-state index contributed by atoms with van der Waals surface area (Å²) in [5.41, 5.74) is 0. The molecule has 17 heavy (non-hydrogen) atoms. The number of carbonyl (C=O) groups is 1. The molecular formula is C13H28O2SSn. The SMILES string of the molecule is CCCCC(CC)COC(=O)[CH](S)[Sn]([CH3])([CH3])[CH3]. The number of thiol groups is 1. The Morgan fingerprint density at radius 2 is 1.88 bits per heavy atom. The molecule has 0 amide bonds. The summed E-state index contributed by atoms with van der Waals surface area (Å²) in [4.78, 5) is 18.5. The second kappa shape index (κ2) is 8.67. The molecule has 2 atom stereocenters. The number of unbranched alkanes of at least 4 members (excludes halogenated alkanes) is 1. The zero-order chi connectivity index (χ0) is 13.5. The molecule has 102 valence electrons. The average molecular weight is 367 g/mol. The van der Waals surface area contributed by atoms with E-state index in [9.17, 15) is 4.79 Å². The molecule has 0 N–H and O–H groups in total. The van der Waals surface area contributed by atoms with Gasteiger partial charge in [0.15, 0.2) is 0 Å². The zero-order valence-corrected chi connectivity index (χ0v) is 15.7. The van der Waals surface area contributed by atoms with Crippen molar-refractivity contribution in [2.24, 2.45) is 5.92 Å². The van der Waals surface area contributed by atoms with Gasteiger partial charge in [0.05, 0.1) is 0 Å². The monoisotopic (exact) mass is 368 g/mol. The van der Waals surface area contributed by atoms with E-state index in [1.54, 1.807) is 0 Å². The van der Waals surface area contributed by atoms with Gasteiger partial charge in [0.2, 0.25) is 0 Å². The third kappa shape index (κ3) is 7.60. The van der Waals surface area contributed by atoms with Crippen molar-refractivity contribution in [1.29, 1.82) is 0 Å². The molecule has 2 nitrogen and oxygen atoms in total. The van der Waals surface area contributed by atoms with Crippen molar-refractivity contribution in [3.8, 4) is 0 Å². The van der Waals surface area contributed by atoms with E-state index in [4.69, 9.17) is 4.74 Å². The van der Waals surface area contributed by atoms with Crippen LogP contribution in [0.5, 0.6) is 0 Å². The summed E-state index contributed by atoms with van der Waals surface area (Å²) in [6, 6.07) is 0. The summed E-state index contributed by atoms with van der Waals surface area (Å²) in [5, 5.41) is 0. The van der Waals surface area contributed by atoms with Crippen LogP contribution in [0, 0.1) is 5.92 Å². The van der Waals surface area contributed by atoms with Crippen molar-refractivity contribution in [3.63, 3.8) is 0 Å². The quantitative estimate of drug-likeness (QED) is 0.400. The first-order chi connectivity index (χ1) is 7.82. The van der Waals surface area contributed by atoms with Gasteiger partial charge in [-0.1, -0.05) is 0 Å². The molecule has 0 heterocycles. The van der Waals surface area contributed by atoms with E-state index < -0.39 is 18.4 Å². The molecule has 2 unspecified atom stereocenters. The van der Waals surface area contributed by atoms with Gasteiger partial charge in [-0.05, 0) is 0 Å². The third-order valence-electron chi connectivity index (χ3n) is 3.05. The molecular weight excluding hydrogens is 339 g/mol. The number of esters is 1. The van der Waals surface area contributed by atoms with Gasteiger partial charge in [-0.3, -0.25) is 0 Å². The zero-order valence-electron chi connectivity index (χ0n) is 12.0. The molecule has 0 aromatic carbocycles. The Bertz CT molecular complexity index is 226. The van der Waals surface area contributed by atoms with Crippen LogP contribution in [-0.2, 0) is 9.53 Å². The van der Waals surface area contributed by atoms with Crippen LogP contribution in [0.4, 0.5) is 0 Å². The van der Waals surface area contributed by atoms with E-state index in [2.05, 4.69) is 41.3 Å². The summed E-state index contributed by atoms with van der Waals surface area (Å²) in [6.45, 7) is 4.93. The summed E-state index contributed by atoms with van der Waals surface area (Å²) in [5.74, 6) is 0.432. The van der Waals surface area contributed by atoms with Crippen molar-refractivity contribution in [2.45, 2.75) is 57.6 Å². The van der Waals surface area contributed by atoms with Crippen molar-refractivity contribution in [3.05, 3.63) is 0 Å². The second-order valence-electron chi connectivity index (χ2n) is 5.82. The average Bonchev–Trinajstić information content (AvgIpc) is 2.26. The molecule has 0 spiro atoms. The van der Waals surface area contributed by atoms with Crippen LogP contribution < -0.4 is 0 Å². The maximum atomic E-state index is 11.8. The number of carbonyl (C=O) groups excluding carboxylic acids is 1. The fourth-order valence-corrected chi connectivity index (χ4v) is 3.86. The van der Waals surface area contributed by atoms with Gasteiger partial charge in [0.1, 0.15) is 0 Å². The van der Waals surface area contributed by atoms with Gasteiger partial charge in [0.25, 0.3) is 0 Å². The van der Waals surface area contributed by atoms with Gasteiger partial charge < -0.3 is 0 Å². The minimum absolute atomic E-state index is 0.0911. The molecule has 0 aliphatic rings. The molecule has 0 saturated heterocycles. The molecule has 0 aromatic rings. The van der Waals surface area contributed by atoms with Gasteiger partial charge >= 0.3 is 117 Å². The van der Waals surface area contributed by atoms with E-state index in [1.807, 2.05) is 0 Å². The Balaban J connectivity index is 4.04. The number of hydrogen-bond donors (Lipinski definition) is 1. The summed E-state index contributed by atoms with van der Waals surface area (Å²) in [6.07, 6.45) is 4.68. The van der Waals surface area contributed by atoms with Crippen molar-refractivity contribution >= 4 is 37.0 Å². The maximum absolute atomic E-state index is 11.8. The molecule has 4 heteroatoms. The molecule has 0 aromatic heterocycles. The van der Waals surface area contributed by atoms with Crippen LogP contribution in [0.2, 0.25) is 14.8 Å². The Hall–Kier alpha value is 0.619. The van der Waals surface area contributed by atoms with Crippen molar-refractivity contribution < 1.29 is 9.53 Å². The van der Waals surface area contributed by atoms with Gasteiger partial charge in [-0.15, -0.1) is 0 Å². The third-order valence-corrected chi connectivity index (χ3v) is 13.8. The standard InChI is InChI=1S/C10H19O2S.3CH3.Sn/c1-3-5-6-9(4-2)7-12-10(11)8-13;;;;/h8-9,13H,3-7H2,1-2H3;3*1H3;. The first-order valence-corrected chi connectivity index (χ1v) is 17.4. The van der Waals surface area contributed by atoms with Crippen LogP contribution in [0.25, 0.3) is 0 Å². The second-order valence-corrected chi connectivity index (χ2v) is 22.9. The van der Waals surface area contributed by atoms with E-state index in [1.165, 1.54) is 12.8 Å². The van der Waals surface area contributed by atoms with E-state index in [0.29, 0.717) is 12.5 Å². The molecule has 0 aliphatic heterocycles. The fraction of sp³-hybridized carbons (Fsp3) is 0.923. The molecule has 0 radical (unpaired) electrons. The molecule has 0 fully saturated rings. The van der Waals surface area contributed by atoms with Crippen LogP contribution in [0.15, 0.2) is 0 Å². The molecule has 0 aliphatic carbocycles. The summed E-state index contributed by atoms with van der Waals surface area (Å²) >= 11 is 2.17.